The number of piperidine rings is 1. The molecule has 25 heavy (non-hydrogen) atoms. The average molecular weight is 477 g/mol. The number of hydrogen-bond acceptors (Lipinski definition) is 5. The Kier molecular flexibility index (Phi) is 7.48. The molecule has 1 aliphatic heterocycles. The molecule has 7 nitrogen and oxygen atoms in total. The van der Waals surface area contributed by atoms with Gasteiger partial charge in [0.2, 0.25) is 0 Å². The highest BCUT2D eigenvalue weighted by molar-refractivity contribution is 14.0. The molecule has 1 unspecified atom stereocenters. The molecule has 2 aromatic heterocycles. The van der Waals surface area contributed by atoms with E-state index in [9.17, 15) is 4.79 Å². The van der Waals surface area contributed by atoms with Crippen LogP contribution in [0.5, 0.6) is 0 Å². The number of aliphatic imine (C=N–C) groups is 1. The number of carbonyl (C=O) groups excluding carboxylic acids is 1. The first-order valence-corrected chi connectivity index (χ1v) is 9.12. The summed E-state index contributed by atoms with van der Waals surface area (Å²) >= 11 is 1.62. The normalized spacial score (nSPS) is 18.1. The zero-order valence-corrected chi connectivity index (χ0v) is 17.6. The summed E-state index contributed by atoms with van der Waals surface area (Å²) in [6, 6.07) is 0. The predicted molar refractivity (Wildman–Crippen MR) is 110 cm³/mol. The van der Waals surface area contributed by atoms with Crippen molar-refractivity contribution in [2.75, 3.05) is 26.7 Å². The van der Waals surface area contributed by atoms with Crippen molar-refractivity contribution in [2.24, 2.45) is 10.9 Å². The topological polar surface area (TPSA) is 71.2 Å². The van der Waals surface area contributed by atoms with Gasteiger partial charge in [-0.2, -0.15) is 0 Å². The highest BCUT2D eigenvalue weighted by Crippen LogP contribution is 2.18. The van der Waals surface area contributed by atoms with E-state index in [1.54, 1.807) is 18.4 Å². The zero-order valence-electron chi connectivity index (χ0n) is 14.5. The third kappa shape index (κ3) is 4.84. The number of halogens is 1. The Morgan fingerprint density at radius 1 is 1.56 bits per heavy atom. The van der Waals surface area contributed by atoms with Crippen LogP contribution in [-0.4, -0.2) is 53.0 Å². The number of aromatic nitrogens is 2. The Balaban J connectivity index is 0.00000225. The standard InChI is InChI=1S/C16H23N5O2S.HI/c1-3-23-14(22)12-5-4-6-20(10-12)15(17-2)18-9-13-11-21-7-8-24-16(21)19-13;/h7-8,11-12H,3-6,9-10H2,1-2H3,(H,17,18);1H. The van der Waals surface area contributed by atoms with Gasteiger partial charge in [0.1, 0.15) is 0 Å². The summed E-state index contributed by atoms with van der Waals surface area (Å²) in [7, 11) is 1.77. The third-order valence-electron chi connectivity index (χ3n) is 4.12. The van der Waals surface area contributed by atoms with E-state index >= 15 is 0 Å². The summed E-state index contributed by atoms with van der Waals surface area (Å²) in [5.74, 6) is 0.627. The lowest BCUT2D eigenvalue weighted by molar-refractivity contribution is -0.149. The van der Waals surface area contributed by atoms with Crippen LogP contribution < -0.4 is 5.32 Å². The van der Waals surface area contributed by atoms with Gasteiger partial charge >= 0.3 is 5.97 Å². The molecule has 0 amide bonds. The quantitative estimate of drug-likeness (QED) is 0.317. The van der Waals surface area contributed by atoms with Crippen LogP contribution in [0.4, 0.5) is 0 Å². The van der Waals surface area contributed by atoms with E-state index in [0.29, 0.717) is 19.7 Å². The maximum absolute atomic E-state index is 12.0. The molecule has 0 aliphatic carbocycles. The van der Waals surface area contributed by atoms with Crippen molar-refractivity contribution in [1.29, 1.82) is 0 Å². The van der Waals surface area contributed by atoms with Crippen LogP contribution in [0.15, 0.2) is 22.8 Å². The summed E-state index contributed by atoms with van der Waals surface area (Å²) < 4.78 is 7.18. The average Bonchev–Trinajstić information content (AvgIpc) is 3.17. The number of nitrogens with one attached hydrogen (secondary N) is 1. The Morgan fingerprint density at radius 3 is 3.12 bits per heavy atom. The molecule has 2 aromatic rings. The van der Waals surface area contributed by atoms with E-state index in [2.05, 4.69) is 20.2 Å². The van der Waals surface area contributed by atoms with Crippen LogP contribution in [-0.2, 0) is 16.1 Å². The maximum Gasteiger partial charge on any atom is 0.310 e. The largest absolute Gasteiger partial charge is 0.466 e. The van der Waals surface area contributed by atoms with E-state index in [1.807, 2.05) is 29.1 Å². The first-order valence-electron chi connectivity index (χ1n) is 8.24. The lowest BCUT2D eigenvalue weighted by Crippen LogP contribution is -2.48. The summed E-state index contributed by atoms with van der Waals surface area (Å²) in [5, 5.41) is 5.37. The number of guanidine groups is 1. The number of rotatable bonds is 4. The van der Waals surface area contributed by atoms with Crippen molar-refractivity contribution in [3.05, 3.63) is 23.5 Å². The third-order valence-corrected chi connectivity index (χ3v) is 4.89. The fourth-order valence-electron chi connectivity index (χ4n) is 2.99. The molecule has 0 bridgehead atoms. The Morgan fingerprint density at radius 2 is 2.40 bits per heavy atom. The summed E-state index contributed by atoms with van der Waals surface area (Å²) in [6.45, 7) is 4.43. The van der Waals surface area contributed by atoms with Gasteiger partial charge in [-0.3, -0.25) is 14.2 Å². The van der Waals surface area contributed by atoms with Crippen LogP contribution in [0.1, 0.15) is 25.5 Å². The highest BCUT2D eigenvalue weighted by Gasteiger charge is 2.28. The Bertz CT molecular complexity index is 701. The minimum atomic E-state index is -0.105. The van der Waals surface area contributed by atoms with E-state index in [0.717, 1.165) is 36.0 Å². The van der Waals surface area contributed by atoms with Crippen molar-refractivity contribution < 1.29 is 9.53 Å². The number of ether oxygens (including phenoxy) is 1. The monoisotopic (exact) mass is 477 g/mol. The Hall–Kier alpha value is -1.36. The predicted octanol–water partition coefficient (Wildman–Crippen LogP) is 2.36. The first-order chi connectivity index (χ1) is 11.7. The number of esters is 1. The number of hydrogen-bond donors (Lipinski definition) is 1. The molecule has 1 fully saturated rings. The molecule has 0 aromatic carbocycles. The zero-order chi connectivity index (χ0) is 16.9. The fraction of sp³-hybridized carbons (Fsp3) is 0.562. The van der Waals surface area contributed by atoms with Crippen molar-refractivity contribution >= 4 is 52.2 Å². The minimum absolute atomic E-state index is 0. The lowest BCUT2D eigenvalue weighted by atomic mass is 9.98. The second-order valence-corrected chi connectivity index (χ2v) is 6.64. The molecule has 1 aliphatic rings. The number of thiazole rings is 1. The molecule has 0 radical (unpaired) electrons. The van der Waals surface area contributed by atoms with Crippen molar-refractivity contribution in [3.8, 4) is 0 Å². The summed E-state index contributed by atoms with van der Waals surface area (Å²) in [6.07, 6.45) is 5.86. The van der Waals surface area contributed by atoms with Gasteiger partial charge in [-0.15, -0.1) is 35.3 Å². The summed E-state index contributed by atoms with van der Waals surface area (Å²) in [4.78, 5) is 24.0. The van der Waals surface area contributed by atoms with Crippen molar-refractivity contribution in [1.82, 2.24) is 19.6 Å². The second kappa shape index (κ2) is 9.37. The number of fused-ring (bicyclic) bond motifs is 1. The first kappa shape index (κ1) is 20.0. The van der Waals surface area contributed by atoms with Gasteiger partial charge in [0.15, 0.2) is 10.9 Å². The van der Waals surface area contributed by atoms with Crippen molar-refractivity contribution in [2.45, 2.75) is 26.3 Å². The molecule has 3 heterocycles. The van der Waals surface area contributed by atoms with Crippen LogP contribution in [0, 0.1) is 5.92 Å². The van der Waals surface area contributed by atoms with E-state index in [4.69, 9.17) is 4.74 Å². The molecule has 1 atom stereocenters. The van der Waals surface area contributed by atoms with Gasteiger partial charge in [0, 0.05) is 37.9 Å². The van der Waals surface area contributed by atoms with Gasteiger partial charge in [-0.25, -0.2) is 4.98 Å². The van der Waals surface area contributed by atoms with Crippen LogP contribution in [0.2, 0.25) is 0 Å². The highest BCUT2D eigenvalue weighted by atomic mass is 127. The van der Waals surface area contributed by atoms with E-state index in [1.165, 1.54) is 0 Å². The fourth-order valence-corrected chi connectivity index (χ4v) is 3.70. The van der Waals surface area contributed by atoms with Gasteiger partial charge in [-0.1, -0.05) is 0 Å². The van der Waals surface area contributed by atoms with Gasteiger partial charge in [0.25, 0.3) is 0 Å². The molecule has 1 saturated heterocycles. The molecule has 0 spiro atoms. The molecule has 3 rings (SSSR count). The molecule has 1 N–H and O–H groups in total. The van der Waals surface area contributed by atoms with E-state index < -0.39 is 0 Å². The number of carbonyl (C=O) groups is 1. The molecule has 138 valence electrons. The van der Waals surface area contributed by atoms with Crippen LogP contribution >= 0.6 is 35.3 Å². The maximum atomic E-state index is 12.0. The second-order valence-electron chi connectivity index (χ2n) is 5.76. The van der Waals surface area contributed by atoms with Crippen LogP contribution in [0.3, 0.4) is 0 Å². The number of imidazole rings is 1. The number of likely N-dealkylation sites (tertiary alicyclic amines) is 1. The minimum Gasteiger partial charge on any atom is -0.466 e. The lowest BCUT2D eigenvalue weighted by Gasteiger charge is -2.33. The Labute approximate surface area is 168 Å². The molecular weight excluding hydrogens is 453 g/mol. The van der Waals surface area contributed by atoms with Gasteiger partial charge in [0.05, 0.1) is 24.8 Å². The smallest absolute Gasteiger partial charge is 0.310 e. The molecule has 9 heteroatoms. The summed E-state index contributed by atoms with van der Waals surface area (Å²) in [5.41, 5.74) is 0.974. The van der Waals surface area contributed by atoms with Crippen LogP contribution in [0.25, 0.3) is 4.96 Å². The SMILES string of the molecule is CCOC(=O)C1CCCN(C(=NC)NCc2cn3ccsc3n2)C1.I. The molecular formula is C16H24IN5O2S. The molecule has 0 saturated carbocycles. The van der Waals surface area contributed by atoms with E-state index in [-0.39, 0.29) is 35.9 Å². The number of nitrogens with zero attached hydrogens (tertiary/aromatic N) is 4. The van der Waals surface area contributed by atoms with Crippen molar-refractivity contribution in [3.63, 3.8) is 0 Å². The van der Waals surface area contributed by atoms with Gasteiger partial charge < -0.3 is 15.0 Å². The van der Waals surface area contributed by atoms with Gasteiger partial charge in [-0.05, 0) is 19.8 Å².